The number of nitrogens with zero attached hydrogens (tertiary/aromatic N) is 1. The monoisotopic (exact) mass is 483 g/mol. The van der Waals surface area contributed by atoms with Crippen molar-refractivity contribution in [3.05, 3.63) is 127 Å². The molecule has 1 aliphatic rings. The number of hydrogen-bond acceptors (Lipinski definition) is 2. The van der Waals surface area contributed by atoms with Gasteiger partial charge < -0.3 is 9.32 Å². The average molecular weight is 484 g/mol. The Morgan fingerprint density at radius 1 is 0.421 bits per heavy atom. The smallest absolute Gasteiger partial charge is 0.138 e. The number of rotatable bonds is 3. The van der Waals surface area contributed by atoms with E-state index < -0.39 is 0 Å². The topological polar surface area (TPSA) is 16.4 Å². The summed E-state index contributed by atoms with van der Waals surface area (Å²) in [5.41, 5.74) is 7.72. The highest BCUT2D eigenvalue weighted by Crippen LogP contribution is 2.52. The molecule has 0 saturated carbocycles. The Bertz CT molecular complexity index is 2190. The van der Waals surface area contributed by atoms with Crippen LogP contribution in [-0.2, 0) is 0 Å². The van der Waals surface area contributed by atoms with E-state index in [2.05, 4.69) is 132 Å². The second-order valence-electron chi connectivity index (χ2n) is 10.1. The van der Waals surface area contributed by atoms with Crippen LogP contribution in [-0.4, -0.2) is 0 Å². The number of furan rings is 1. The number of anilines is 3. The van der Waals surface area contributed by atoms with Crippen LogP contribution >= 0.6 is 0 Å². The lowest BCUT2D eigenvalue weighted by molar-refractivity contribution is 0.669. The van der Waals surface area contributed by atoms with Gasteiger partial charge in [0, 0.05) is 39.0 Å². The molecule has 0 spiro atoms. The molecule has 0 amide bonds. The van der Waals surface area contributed by atoms with E-state index in [1.54, 1.807) is 0 Å². The second-order valence-corrected chi connectivity index (χ2v) is 10.1. The molecule has 7 aromatic carbocycles. The third-order valence-electron chi connectivity index (χ3n) is 8.12. The predicted octanol–water partition coefficient (Wildman–Crippen LogP) is 10.5. The Morgan fingerprint density at radius 3 is 1.79 bits per heavy atom. The fraction of sp³-hybridized carbons (Fsp3) is 0. The van der Waals surface area contributed by atoms with E-state index in [0.717, 1.165) is 28.2 Å². The van der Waals surface area contributed by atoms with Gasteiger partial charge in [-0.1, -0.05) is 91.0 Å². The van der Waals surface area contributed by atoms with Crippen LogP contribution in [0.3, 0.4) is 0 Å². The summed E-state index contributed by atoms with van der Waals surface area (Å²) in [5.74, 6) is 0. The SMILES string of the molecule is c1ccc(N(c2ccccc2)c2cc3oc4cccc5c4c3c3c2ccc2ccc4cccc-5c4c23)cc1. The largest absolute Gasteiger partial charge is 0.456 e. The molecule has 0 bridgehead atoms. The fourth-order valence-electron chi connectivity index (χ4n) is 6.60. The minimum atomic E-state index is 0.920. The first kappa shape index (κ1) is 20.0. The van der Waals surface area contributed by atoms with E-state index in [1.807, 2.05) is 0 Å². The minimum Gasteiger partial charge on any atom is -0.456 e. The molecule has 0 unspecified atom stereocenters. The zero-order chi connectivity index (χ0) is 24.8. The summed E-state index contributed by atoms with van der Waals surface area (Å²) in [4.78, 5) is 2.35. The van der Waals surface area contributed by atoms with E-state index in [-0.39, 0.29) is 0 Å². The van der Waals surface area contributed by atoms with E-state index in [9.17, 15) is 0 Å². The standard InChI is InChI=1S/C36H21NO/c1-3-10-24(11-4-1)37(25-12-5-2-6-13-25)29-21-31-36-34-27(15-8-16-30(34)38-31)26-14-7-9-22-17-18-23-19-20-28(29)35(36)33(23)32(22)26/h1-21H. The van der Waals surface area contributed by atoms with Crippen LogP contribution in [0.5, 0.6) is 0 Å². The predicted molar refractivity (Wildman–Crippen MR) is 160 cm³/mol. The molecule has 0 radical (unpaired) electrons. The zero-order valence-corrected chi connectivity index (χ0v) is 20.5. The van der Waals surface area contributed by atoms with Gasteiger partial charge in [0.1, 0.15) is 11.2 Å². The minimum absolute atomic E-state index is 0.920. The van der Waals surface area contributed by atoms with E-state index in [1.165, 1.54) is 54.2 Å². The molecule has 0 N–H and O–H groups in total. The number of para-hydroxylation sites is 2. The van der Waals surface area contributed by atoms with Gasteiger partial charge in [-0.25, -0.2) is 0 Å². The lowest BCUT2D eigenvalue weighted by Gasteiger charge is -2.27. The van der Waals surface area contributed by atoms with Crippen molar-refractivity contribution in [3.63, 3.8) is 0 Å². The molecule has 0 aliphatic heterocycles. The lowest BCUT2D eigenvalue weighted by Crippen LogP contribution is -2.10. The summed E-state index contributed by atoms with van der Waals surface area (Å²) >= 11 is 0. The first-order chi connectivity index (χ1) is 18.9. The molecule has 9 rings (SSSR count). The molecule has 38 heavy (non-hydrogen) atoms. The van der Waals surface area contributed by atoms with Crippen LogP contribution in [0, 0.1) is 0 Å². The van der Waals surface area contributed by atoms with Crippen molar-refractivity contribution in [2.45, 2.75) is 0 Å². The van der Waals surface area contributed by atoms with Gasteiger partial charge in [0.05, 0.1) is 5.69 Å². The lowest BCUT2D eigenvalue weighted by atomic mass is 9.92. The third kappa shape index (κ3) is 2.51. The van der Waals surface area contributed by atoms with Crippen molar-refractivity contribution in [2.24, 2.45) is 0 Å². The van der Waals surface area contributed by atoms with Gasteiger partial charge >= 0.3 is 0 Å². The van der Waals surface area contributed by atoms with Gasteiger partial charge in [-0.15, -0.1) is 0 Å². The summed E-state index contributed by atoms with van der Waals surface area (Å²) in [7, 11) is 0. The molecule has 2 nitrogen and oxygen atoms in total. The van der Waals surface area contributed by atoms with Crippen LogP contribution in [0.1, 0.15) is 0 Å². The van der Waals surface area contributed by atoms with Crippen LogP contribution in [0.15, 0.2) is 132 Å². The maximum absolute atomic E-state index is 6.65. The molecule has 0 saturated heterocycles. The van der Waals surface area contributed by atoms with Gasteiger partial charge in [-0.2, -0.15) is 0 Å². The van der Waals surface area contributed by atoms with Gasteiger partial charge in [-0.3, -0.25) is 0 Å². The average Bonchev–Trinajstić information content (AvgIpc) is 3.29. The number of hydrogen-bond donors (Lipinski definition) is 0. The molecule has 2 heteroatoms. The highest BCUT2D eigenvalue weighted by molar-refractivity contribution is 6.38. The van der Waals surface area contributed by atoms with Crippen LogP contribution < -0.4 is 4.90 Å². The Hall–Kier alpha value is -5.08. The highest BCUT2D eigenvalue weighted by atomic mass is 16.3. The normalized spacial score (nSPS) is 12.2. The van der Waals surface area contributed by atoms with E-state index >= 15 is 0 Å². The summed E-state index contributed by atoms with van der Waals surface area (Å²) in [6.07, 6.45) is 0. The third-order valence-corrected chi connectivity index (χ3v) is 8.12. The van der Waals surface area contributed by atoms with Crippen LogP contribution in [0.2, 0.25) is 0 Å². The maximum atomic E-state index is 6.65. The van der Waals surface area contributed by atoms with Crippen LogP contribution in [0.25, 0.3) is 65.4 Å². The summed E-state index contributed by atoms with van der Waals surface area (Å²) in [6, 6.07) is 45.7. The molecule has 8 aromatic rings. The highest BCUT2D eigenvalue weighted by Gasteiger charge is 2.26. The first-order valence-corrected chi connectivity index (χ1v) is 13.0. The molecule has 0 atom stereocenters. The Kier molecular flexibility index (Phi) is 3.82. The molecular weight excluding hydrogens is 462 g/mol. The van der Waals surface area contributed by atoms with Crippen molar-refractivity contribution in [1.82, 2.24) is 0 Å². The quantitative estimate of drug-likeness (QED) is 0.232. The summed E-state index contributed by atoms with van der Waals surface area (Å²) < 4.78 is 6.65. The van der Waals surface area contributed by atoms with Crippen molar-refractivity contribution >= 4 is 71.3 Å². The number of fused-ring (bicyclic) bond motifs is 1. The Balaban J connectivity index is 1.56. The first-order valence-electron chi connectivity index (χ1n) is 13.0. The number of benzene rings is 7. The van der Waals surface area contributed by atoms with Crippen molar-refractivity contribution < 1.29 is 4.42 Å². The van der Waals surface area contributed by atoms with E-state index in [0.29, 0.717) is 0 Å². The molecule has 176 valence electrons. The molecular formula is C36H21NO. The van der Waals surface area contributed by atoms with Crippen molar-refractivity contribution in [2.75, 3.05) is 4.90 Å². The van der Waals surface area contributed by atoms with Gasteiger partial charge in [0.25, 0.3) is 0 Å². The van der Waals surface area contributed by atoms with Gasteiger partial charge in [0.15, 0.2) is 0 Å². The summed E-state index contributed by atoms with van der Waals surface area (Å²) in [5, 5.41) is 10.1. The maximum Gasteiger partial charge on any atom is 0.138 e. The van der Waals surface area contributed by atoms with Crippen molar-refractivity contribution in [3.8, 4) is 11.1 Å². The van der Waals surface area contributed by atoms with Gasteiger partial charge in [-0.05, 0) is 63.0 Å². The zero-order valence-electron chi connectivity index (χ0n) is 20.5. The van der Waals surface area contributed by atoms with Crippen LogP contribution in [0.4, 0.5) is 17.1 Å². The van der Waals surface area contributed by atoms with Crippen molar-refractivity contribution in [1.29, 1.82) is 0 Å². The Labute approximate surface area is 219 Å². The van der Waals surface area contributed by atoms with Gasteiger partial charge in [0.2, 0.25) is 0 Å². The Morgan fingerprint density at radius 2 is 1.05 bits per heavy atom. The van der Waals surface area contributed by atoms with E-state index in [4.69, 9.17) is 4.42 Å². The molecule has 1 aromatic heterocycles. The molecule has 1 aliphatic carbocycles. The molecule has 0 fully saturated rings. The fourth-order valence-corrected chi connectivity index (χ4v) is 6.60. The second kappa shape index (κ2) is 7.24. The summed E-state index contributed by atoms with van der Waals surface area (Å²) in [6.45, 7) is 0. The molecule has 1 heterocycles.